The van der Waals surface area contributed by atoms with Crippen LogP contribution in [0.1, 0.15) is 51.7 Å². The lowest BCUT2D eigenvalue weighted by molar-refractivity contribution is 0.477. The molecule has 0 fully saturated rings. The monoisotopic (exact) mass is 238 g/mol. The first kappa shape index (κ1) is 13.6. The number of alkyl halides is 1. The van der Waals surface area contributed by atoms with Gasteiger partial charge in [0.15, 0.2) is 0 Å². The molecule has 1 rings (SSSR count). The summed E-state index contributed by atoms with van der Waals surface area (Å²) in [6, 6.07) is 9.01. The Morgan fingerprint density at radius 2 is 1.75 bits per heavy atom. The third-order valence-corrected chi connectivity index (χ3v) is 3.22. The van der Waals surface area contributed by atoms with E-state index in [1.165, 1.54) is 24.0 Å². The van der Waals surface area contributed by atoms with Crippen molar-refractivity contribution in [1.82, 2.24) is 0 Å². The Kier molecular flexibility index (Phi) is 4.86. The number of rotatable bonds is 5. The molecule has 0 aliphatic heterocycles. The van der Waals surface area contributed by atoms with Crippen molar-refractivity contribution in [2.75, 3.05) is 0 Å². The summed E-state index contributed by atoms with van der Waals surface area (Å²) in [6.07, 6.45) is 3.40. The molecule has 0 N–H and O–H groups in total. The predicted octanol–water partition coefficient (Wildman–Crippen LogP) is 4.93. The highest BCUT2D eigenvalue weighted by Gasteiger charge is 2.22. The zero-order valence-corrected chi connectivity index (χ0v) is 11.6. The van der Waals surface area contributed by atoms with Crippen molar-refractivity contribution in [2.24, 2.45) is 0 Å². The molecule has 16 heavy (non-hydrogen) atoms. The van der Waals surface area contributed by atoms with Crippen LogP contribution in [0.15, 0.2) is 24.3 Å². The maximum atomic E-state index is 6.09. The van der Waals surface area contributed by atoms with E-state index in [2.05, 4.69) is 52.0 Å². The normalized spacial score (nSPS) is 13.8. The highest BCUT2D eigenvalue weighted by molar-refractivity contribution is 6.20. The fourth-order valence-electron chi connectivity index (χ4n) is 2.23. The average Bonchev–Trinajstić information content (AvgIpc) is 2.17. The molecule has 0 radical (unpaired) electrons. The first-order valence-corrected chi connectivity index (χ1v) is 6.63. The maximum Gasteiger partial charge on any atom is 0.0316 e. The smallest absolute Gasteiger partial charge is 0.0316 e. The van der Waals surface area contributed by atoms with Gasteiger partial charge in [-0.25, -0.2) is 0 Å². The first-order chi connectivity index (χ1) is 7.45. The Morgan fingerprint density at radius 1 is 1.19 bits per heavy atom. The lowest BCUT2D eigenvalue weighted by atomic mass is 9.80. The average molecular weight is 239 g/mol. The van der Waals surface area contributed by atoms with Gasteiger partial charge in [0.1, 0.15) is 0 Å². The van der Waals surface area contributed by atoms with E-state index in [9.17, 15) is 0 Å². The minimum atomic E-state index is 0.173. The summed E-state index contributed by atoms with van der Waals surface area (Å²) in [5.41, 5.74) is 2.99. The largest absolute Gasteiger partial charge is 0.123 e. The van der Waals surface area contributed by atoms with Gasteiger partial charge in [0.25, 0.3) is 0 Å². The van der Waals surface area contributed by atoms with E-state index in [0.29, 0.717) is 0 Å². The molecule has 0 aliphatic rings. The Labute approximate surface area is 105 Å². The van der Waals surface area contributed by atoms with Gasteiger partial charge in [0.05, 0.1) is 0 Å². The molecule has 90 valence electrons. The van der Waals surface area contributed by atoms with Crippen LogP contribution < -0.4 is 0 Å². The third kappa shape index (κ3) is 3.83. The second-order valence-electron chi connectivity index (χ2n) is 5.32. The van der Waals surface area contributed by atoms with Crippen LogP contribution in [0.25, 0.3) is 0 Å². The summed E-state index contributed by atoms with van der Waals surface area (Å²) in [5, 5.41) is 0.227. The van der Waals surface area contributed by atoms with Crippen LogP contribution in [0, 0.1) is 0 Å². The van der Waals surface area contributed by atoms with Crippen molar-refractivity contribution in [3.63, 3.8) is 0 Å². The van der Waals surface area contributed by atoms with Crippen LogP contribution in [0.4, 0.5) is 0 Å². The number of halogens is 1. The van der Waals surface area contributed by atoms with E-state index in [-0.39, 0.29) is 10.8 Å². The van der Waals surface area contributed by atoms with Crippen molar-refractivity contribution in [1.29, 1.82) is 0 Å². The molecule has 0 heterocycles. The van der Waals surface area contributed by atoms with Crippen molar-refractivity contribution >= 4 is 11.6 Å². The molecule has 0 saturated carbocycles. The summed E-state index contributed by atoms with van der Waals surface area (Å²) in [6.45, 7) is 8.81. The zero-order valence-electron chi connectivity index (χ0n) is 10.9. The van der Waals surface area contributed by atoms with Crippen LogP contribution in [-0.2, 0) is 11.8 Å². The molecule has 1 unspecified atom stereocenters. The lowest BCUT2D eigenvalue weighted by Gasteiger charge is -2.26. The molecule has 0 saturated heterocycles. The van der Waals surface area contributed by atoms with Crippen LogP contribution in [-0.4, -0.2) is 5.38 Å². The van der Waals surface area contributed by atoms with E-state index in [4.69, 9.17) is 11.6 Å². The molecular formula is C15H23Cl. The van der Waals surface area contributed by atoms with Crippen LogP contribution in [0.3, 0.4) is 0 Å². The zero-order chi connectivity index (χ0) is 12.2. The first-order valence-electron chi connectivity index (χ1n) is 6.19. The second-order valence-corrected chi connectivity index (χ2v) is 6.06. The summed E-state index contributed by atoms with van der Waals surface area (Å²) in [7, 11) is 0. The Hall–Kier alpha value is -0.490. The predicted molar refractivity (Wildman–Crippen MR) is 73.4 cm³/mol. The van der Waals surface area contributed by atoms with Gasteiger partial charge in [-0.3, -0.25) is 0 Å². The van der Waals surface area contributed by atoms with Gasteiger partial charge in [-0.05, 0) is 36.3 Å². The van der Waals surface area contributed by atoms with E-state index in [1.54, 1.807) is 0 Å². The standard InChI is InChI=1S/C15H23Cl/c1-5-6-13-7-9-14(10-8-13)15(3,4)11-12(2)16/h7-10,12H,5-6,11H2,1-4H3. The number of aryl methyl sites for hydroxylation is 1. The Bertz CT molecular complexity index is 309. The van der Waals surface area contributed by atoms with Crippen molar-refractivity contribution in [3.05, 3.63) is 35.4 Å². The van der Waals surface area contributed by atoms with Crippen LogP contribution in [0.2, 0.25) is 0 Å². The molecule has 0 bridgehead atoms. The van der Waals surface area contributed by atoms with Gasteiger partial charge >= 0.3 is 0 Å². The van der Waals surface area contributed by atoms with Gasteiger partial charge in [-0.1, -0.05) is 51.5 Å². The van der Waals surface area contributed by atoms with Gasteiger partial charge < -0.3 is 0 Å². The van der Waals surface area contributed by atoms with Gasteiger partial charge in [-0.2, -0.15) is 0 Å². The molecule has 0 aliphatic carbocycles. The number of hydrogen-bond donors (Lipinski definition) is 0. The van der Waals surface area contributed by atoms with Crippen LogP contribution in [0.5, 0.6) is 0 Å². The summed E-state index contributed by atoms with van der Waals surface area (Å²) in [5.74, 6) is 0. The Balaban J connectivity index is 2.79. The Morgan fingerprint density at radius 3 is 2.19 bits per heavy atom. The molecule has 0 nitrogen and oxygen atoms in total. The number of benzene rings is 1. The van der Waals surface area contributed by atoms with E-state index < -0.39 is 0 Å². The fraction of sp³-hybridized carbons (Fsp3) is 0.600. The summed E-state index contributed by atoms with van der Waals surface area (Å²) < 4.78 is 0. The van der Waals surface area contributed by atoms with E-state index >= 15 is 0 Å². The summed E-state index contributed by atoms with van der Waals surface area (Å²) >= 11 is 6.09. The topological polar surface area (TPSA) is 0 Å². The maximum absolute atomic E-state index is 6.09. The molecule has 0 amide bonds. The minimum Gasteiger partial charge on any atom is -0.123 e. The molecule has 0 aromatic heterocycles. The van der Waals surface area contributed by atoms with E-state index in [0.717, 1.165) is 6.42 Å². The number of hydrogen-bond acceptors (Lipinski definition) is 0. The van der Waals surface area contributed by atoms with Crippen molar-refractivity contribution in [3.8, 4) is 0 Å². The molecule has 1 atom stereocenters. The second kappa shape index (κ2) is 5.72. The molecule has 1 aromatic rings. The van der Waals surface area contributed by atoms with Crippen molar-refractivity contribution < 1.29 is 0 Å². The lowest BCUT2D eigenvalue weighted by Crippen LogP contribution is -2.20. The minimum absolute atomic E-state index is 0.173. The molecule has 0 spiro atoms. The molecule has 1 heteroatoms. The highest BCUT2D eigenvalue weighted by Crippen LogP contribution is 2.30. The van der Waals surface area contributed by atoms with Gasteiger partial charge in [0.2, 0.25) is 0 Å². The highest BCUT2D eigenvalue weighted by atomic mass is 35.5. The van der Waals surface area contributed by atoms with E-state index in [1.807, 2.05) is 0 Å². The van der Waals surface area contributed by atoms with Crippen LogP contribution >= 0.6 is 11.6 Å². The third-order valence-electron chi connectivity index (χ3n) is 3.07. The van der Waals surface area contributed by atoms with Gasteiger partial charge in [-0.15, -0.1) is 11.6 Å². The van der Waals surface area contributed by atoms with Gasteiger partial charge in [0, 0.05) is 5.38 Å². The molecular weight excluding hydrogens is 216 g/mol. The molecule has 1 aromatic carbocycles. The summed E-state index contributed by atoms with van der Waals surface area (Å²) in [4.78, 5) is 0. The fourth-order valence-corrected chi connectivity index (χ4v) is 2.62. The quantitative estimate of drug-likeness (QED) is 0.638. The van der Waals surface area contributed by atoms with Crippen molar-refractivity contribution in [2.45, 2.75) is 57.7 Å². The SMILES string of the molecule is CCCc1ccc(C(C)(C)CC(C)Cl)cc1.